The van der Waals surface area contributed by atoms with Crippen LogP contribution >= 0.6 is 0 Å². The third-order valence-electron chi connectivity index (χ3n) is 8.78. The highest BCUT2D eigenvalue weighted by Crippen LogP contribution is 2.45. The second-order valence-electron chi connectivity index (χ2n) is 11.0. The van der Waals surface area contributed by atoms with Gasteiger partial charge in [-0.15, -0.1) is 0 Å². The first kappa shape index (κ1) is 24.5. The van der Waals surface area contributed by atoms with E-state index in [1.54, 1.807) is 6.07 Å². The maximum absolute atomic E-state index is 14.4. The first-order valence-electron chi connectivity index (χ1n) is 13.2. The van der Waals surface area contributed by atoms with Crippen LogP contribution < -0.4 is 4.74 Å². The number of ether oxygens (including phenoxy) is 2. The molecule has 2 heterocycles. The van der Waals surface area contributed by atoms with Crippen molar-refractivity contribution in [3.05, 3.63) is 41.5 Å². The molecule has 3 aliphatic rings. The Kier molecular flexibility index (Phi) is 7.02. The van der Waals surface area contributed by atoms with Crippen LogP contribution in [0.5, 0.6) is 5.75 Å². The number of benzene rings is 2. The van der Waals surface area contributed by atoms with E-state index in [1.165, 1.54) is 7.11 Å². The van der Waals surface area contributed by atoms with Gasteiger partial charge in [-0.25, -0.2) is 8.78 Å². The Morgan fingerprint density at radius 2 is 1.66 bits per heavy atom. The minimum absolute atomic E-state index is 0.00925. The van der Waals surface area contributed by atoms with Crippen LogP contribution in [0.2, 0.25) is 0 Å². The molecule has 2 aromatic carbocycles. The predicted molar refractivity (Wildman–Crippen MR) is 133 cm³/mol. The monoisotopic (exact) mass is 485 g/mol. The first-order chi connectivity index (χ1) is 16.9. The van der Waals surface area contributed by atoms with Crippen LogP contribution in [0.1, 0.15) is 88.8 Å². The van der Waals surface area contributed by atoms with Gasteiger partial charge in [-0.05, 0) is 92.7 Å². The summed E-state index contributed by atoms with van der Waals surface area (Å²) in [5.74, 6) is 0.862. The molecule has 3 fully saturated rings. The molecular weight excluding hydrogens is 448 g/mol. The average Bonchev–Trinajstić information content (AvgIpc) is 3.12. The number of hydrogen-bond donors (Lipinski definition) is 0. The third-order valence-corrected chi connectivity index (χ3v) is 8.78. The zero-order valence-electron chi connectivity index (χ0n) is 21.0. The van der Waals surface area contributed by atoms with Crippen LogP contribution in [0, 0.1) is 11.8 Å². The van der Waals surface area contributed by atoms with Crippen molar-refractivity contribution in [3.8, 4) is 5.75 Å². The summed E-state index contributed by atoms with van der Waals surface area (Å²) in [7, 11) is 1.46. The van der Waals surface area contributed by atoms with Gasteiger partial charge in [0.15, 0.2) is 0 Å². The number of esters is 1. The largest absolute Gasteiger partial charge is 0.490 e. The molecular formula is C29H37F2NO3. The van der Waals surface area contributed by atoms with Crippen molar-refractivity contribution in [2.75, 3.05) is 7.11 Å². The van der Waals surface area contributed by atoms with Crippen LogP contribution in [-0.4, -0.2) is 36.2 Å². The van der Waals surface area contributed by atoms with Crippen LogP contribution in [0.15, 0.2) is 30.3 Å². The molecule has 3 unspecified atom stereocenters. The lowest BCUT2D eigenvalue weighted by atomic mass is 9.88. The quantitative estimate of drug-likeness (QED) is 0.405. The molecule has 1 aliphatic carbocycles. The molecule has 2 aliphatic heterocycles. The Morgan fingerprint density at radius 3 is 2.29 bits per heavy atom. The highest BCUT2D eigenvalue weighted by Gasteiger charge is 2.45. The lowest BCUT2D eigenvalue weighted by Gasteiger charge is -2.42. The molecule has 0 radical (unpaired) electrons. The van der Waals surface area contributed by atoms with E-state index < -0.39 is 6.43 Å². The van der Waals surface area contributed by atoms with E-state index in [4.69, 9.17) is 9.47 Å². The first-order valence-corrected chi connectivity index (χ1v) is 13.2. The van der Waals surface area contributed by atoms with Crippen molar-refractivity contribution in [2.45, 2.75) is 95.9 Å². The standard InChI is InChI=1S/C29H37F2NO3/c1-17-4-11-24(12-5-17)35-26-13-8-19-6-7-20(16-25(19)27(26)28(30)31)18(2)32-22-9-10-23(32)15-21(14-22)29(33)34-3/h6-8,13,16-18,21-24,28H,4-5,9-12,14-15H2,1-3H3/t17-,18?,21?,22?,23?,24+. The van der Waals surface area contributed by atoms with E-state index in [1.807, 2.05) is 18.2 Å². The van der Waals surface area contributed by atoms with E-state index >= 15 is 0 Å². The van der Waals surface area contributed by atoms with Gasteiger partial charge in [0.1, 0.15) is 5.75 Å². The summed E-state index contributed by atoms with van der Waals surface area (Å²) in [5.41, 5.74) is 1.05. The number of carbonyl (C=O) groups is 1. The van der Waals surface area contributed by atoms with Gasteiger partial charge in [-0.2, -0.15) is 0 Å². The molecule has 35 heavy (non-hydrogen) atoms. The zero-order chi connectivity index (χ0) is 24.7. The molecule has 2 bridgehead atoms. The van der Waals surface area contributed by atoms with Crippen molar-refractivity contribution in [2.24, 2.45) is 11.8 Å². The summed E-state index contributed by atoms with van der Waals surface area (Å²) in [6.45, 7) is 4.40. The molecule has 190 valence electrons. The molecule has 3 atom stereocenters. The average molecular weight is 486 g/mol. The van der Waals surface area contributed by atoms with Gasteiger partial charge in [0.2, 0.25) is 0 Å². The minimum Gasteiger partial charge on any atom is -0.490 e. The summed E-state index contributed by atoms with van der Waals surface area (Å²) in [6.07, 6.45) is 5.16. The third kappa shape index (κ3) is 4.78. The molecule has 0 aromatic heterocycles. The fourth-order valence-electron chi connectivity index (χ4n) is 6.83. The van der Waals surface area contributed by atoms with E-state index in [2.05, 4.69) is 24.8 Å². The molecule has 2 saturated heterocycles. The normalized spacial score (nSPS) is 29.9. The summed E-state index contributed by atoms with van der Waals surface area (Å²) in [4.78, 5) is 14.7. The van der Waals surface area contributed by atoms with Crippen molar-refractivity contribution in [1.82, 2.24) is 4.90 Å². The second kappa shape index (κ2) is 10.0. The van der Waals surface area contributed by atoms with Crippen molar-refractivity contribution < 1.29 is 23.0 Å². The Balaban J connectivity index is 1.42. The number of piperidine rings is 1. The van der Waals surface area contributed by atoms with Crippen LogP contribution in [0.4, 0.5) is 8.78 Å². The number of halogens is 2. The number of carbonyl (C=O) groups excluding carboxylic acids is 1. The molecule has 1 saturated carbocycles. The summed E-state index contributed by atoms with van der Waals surface area (Å²) in [6, 6.07) is 10.3. The number of fused-ring (bicyclic) bond motifs is 3. The summed E-state index contributed by atoms with van der Waals surface area (Å²) < 4.78 is 40.0. The lowest BCUT2D eigenvalue weighted by Crippen LogP contribution is -2.46. The highest BCUT2D eigenvalue weighted by molar-refractivity contribution is 5.88. The van der Waals surface area contributed by atoms with Gasteiger partial charge in [0.25, 0.3) is 6.43 Å². The van der Waals surface area contributed by atoms with Gasteiger partial charge in [-0.1, -0.05) is 25.1 Å². The minimum atomic E-state index is -2.60. The molecule has 2 aromatic rings. The highest BCUT2D eigenvalue weighted by atomic mass is 19.3. The van der Waals surface area contributed by atoms with E-state index in [9.17, 15) is 13.6 Å². The van der Waals surface area contributed by atoms with Crippen LogP contribution in [-0.2, 0) is 9.53 Å². The maximum atomic E-state index is 14.4. The number of methoxy groups -OCH3 is 1. The second-order valence-corrected chi connectivity index (χ2v) is 11.0. The van der Waals surface area contributed by atoms with E-state index in [0.717, 1.165) is 62.3 Å². The fraction of sp³-hybridized carbons (Fsp3) is 0.621. The molecule has 5 rings (SSSR count). The number of nitrogens with zero attached hydrogens (tertiary/aromatic N) is 1. The van der Waals surface area contributed by atoms with Gasteiger partial charge in [0.05, 0.1) is 24.7 Å². The number of hydrogen-bond acceptors (Lipinski definition) is 4. The number of rotatable bonds is 6. The van der Waals surface area contributed by atoms with Crippen LogP contribution in [0.25, 0.3) is 10.8 Å². The van der Waals surface area contributed by atoms with Gasteiger partial charge < -0.3 is 9.47 Å². The summed E-state index contributed by atoms with van der Waals surface area (Å²) in [5, 5.41) is 1.40. The van der Waals surface area contributed by atoms with Crippen molar-refractivity contribution in [3.63, 3.8) is 0 Å². The smallest absolute Gasteiger partial charge is 0.308 e. The Labute approximate surface area is 207 Å². The Bertz CT molecular complexity index is 1050. The predicted octanol–water partition coefficient (Wildman–Crippen LogP) is 7.21. The topological polar surface area (TPSA) is 38.8 Å². The molecule has 0 amide bonds. The molecule has 4 nitrogen and oxygen atoms in total. The van der Waals surface area contributed by atoms with Gasteiger partial charge >= 0.3 is 5.97 Å². The zero-order valence-corrected chi connectivity index (χ0v) is 21.0. The van der Waals surface area contributed by atoms with E-state index in [-0.39, 0.29) is 29.6 Å². The maximum Gasteiger partial charge on any atom is 0.308 e. The molecule has 0 spiro atoms. The SMILES string of the molecule is COC(=O)C1CC2CCC(C1)N2C(C)c1ccc2ccc(O[C@H]3CC[C@@H](C)CC3)c(C(F)F)c2c1. The molecule has 6 heteroatoms. The van der Waals surface area contributed by atoms with E-state index in [0.29, 0.717) is 29.1 Å². The fourth-order valence-corrected chi connectivity index (χ4v) is 6.83. The lowest BCUT2D eigenvalue weighted by molar-refractivity contribution is -0.148. The van der Waals surface area contributed by atoms with Gasteiger partial charge in [0, 0.05) is 18.1 Å². The summed E-state index contributed by atoms with van der Waals surface area (Å²) >= 11 is 0. The van der Waals surface area contributed by atoms with Crippen molar-refractivity contribution >= 4 is 16.7 Å². The Morgan fingerprint density at radius 1 is 1.00 bits per heavy atom. The van der Waals surface area contributed by atoms with Crippen LogP contribution in [0.3, 0.4) is 0 Å². The van der Waals surface area contributed by atoms with Crippen molar-refractivity contribution in [1.29, 1.82) is 0 Å². The van der Waals surface area contributed by atoms with Gasteiger partial charge in [-0.3, -0.25) is 9.69 Å². The molecule has 0 N–H and O–H groups in total. The number of alkyl halides is 2. The Hall–Kier alpha value is -2.21.